The smallest absolute Gasteiger partial charge is 0.253 e. The molecule has 134 valence electrons. The largest absolute Gasteiger partial charge is 0.377 e. The quantitative estimate of drug-likeness (QED) is 0.922. The molecule has 1 N–H and O–H groups in total. The van der Waals surface area contributed by atoms with Crippen LogP contribution in [0.5, 0.6) is 0 Å². The first-order valence-electron chi connectivity index (χ1n) is 8.85. The molecular formula is C19H26N4O2. The monoisotopic (exact) mass is 342 g/mol. The van der Waals surface area contributed by atoms with Gasteiger partial charge in [0, 0.05) is 31.3 Å². The van der Waals surface area contributed by atoms with Gasteiger partial charge in [0.1, 0.15) is 0 Å². The molecule has 0 saturated carbocycles. The number of rotatable bonds is 4. The highest BCUT2D eigenvalue weighted by Crippen LogP contribution is 2.24. The number of anilines is 1. The molecule has 2 heterocycles. The zero-order chi connectivity index (χ0) is 18.0. The third-order valence-electron chi connectivity index (χ3n) is 4.65. The average molecular weight is 342 g/mol. The summed E-state index contributed by atoms with van der Waals surface area (Å²) >= 11 is 0. The fourth-order valence-electron chi connectivity index (χ4n) is 3.54. The Kier molecular flexibility index (Phi) is 5.06. The van der Waals surface area contributed by atoms with E-state index in [1.54, 1.807) is 6.92 Å². The Morgan fingerprint density at radius 3 is 2.64 bits per heavy atom. The highest BCUT2D eigenvalue weighted by Gasteiger charge is 2.26. The van der Waals surface area contributed by atoms with Gasteiger partial charge in [-0.15, -0.1) is 0 Å². The van der Waals surface area contributed by atoms with Crippen LogP contribution in [-0.2, 0) is 6.54 Å². The molecule has 0 radical (unpaired) electrons. The topological polar surface area (TPSA) is 71.3 Å². The van der Waals surface area contributed by atoms with Crippen molar-refractivity contribution >= 4 is 11.6 Å². The summed E-state index contributed by atoms with van der Waals surface area (Å²) < 4.78 is 4.98. The minimum Gasteiger partial charge on any atom is -0.377 e. The number of hydrogen-bond acceptors (Lipinski definition) is 5. The SMILES string of the molecule is Cc1nc(CNc2cc(C(=O)N3C[C@@H](C)C[C@H](C)C3)ccc2C)no1. The van der Waals surface area contributed by atoms with Crippen LogP contribution in [-0.4, -0.2) is 34.0 Å². The highest BCUT2D eigenvalue weighted by atomic mass is 16.5. The fourth-order valence-corrected chi connectivity index (χ4v) is 3.54. The number of piperidine rings is 1. The van der Waals surface area contributed by atoms with Crippen LogP contribution in [0.15, 0.2) is 22.7 Å². The van der Waals surface area contributed by atoms with E-state index in [-0.39, 0.29) is 5.91 Å². The van der Waals surface area contributed by atoms with Gasteiger partial charge in [-0.05, 0) is 42.9 Å². The number of amides is 1. The molecule has 0 bridgehead atoms. The summed E-state index contributed by atoms with van der Waals surface area (Å²) in [5.74, 6) is 2.37. The summed E-state index contributed by atoms with van der Waals surface area (Å²) in [4.78, 5) is 19.1. The van der Waals surface area contributed by atoms with E-state index in [1.807, 2.05) is 30.0 Å². The van der Waals surface area contributed by atoms with Crippen molar-refractivity contribution in [3.05, 3.63) is 41.0 Å². The summed E-state index contributed by atoms with van der Waals surface area (Å²) in [5, 5.41) is 7.19. The van der Waals surface area contributed by atoms with Gasteiger partial charge < -0.3 is 14.7 Å². The van der Waals surface area contributed by atoms with Crippen LogP contribution in [0.4, 0.5) is 5.69 Å². The second-order valence-corrected chi connectivity index (χ2v) is 7.27. The predicted octanol–water partition coefficient (Wildman–Crippen LogP) is 3.42. The third-order valence-corrected chi connectivity index (χ3v) is 4.65. The van der Waals surface area contributed by atoms with Crippen LogP contribution >= 0.6 is 0 Å². The maximum Gasteiger partial charge on any atom is 0.253 e. The van der Waals surface area contributed by atoms with Gasteiger partial charge in [-0.25, -0.2) is 0 Å². The minimum absolute atomic E-state index is 0.108. The van der Waals surface area contributed by atoms with E-state index < -0.39 is 0 Å². The van der Waals surface area contributed by atoms with E-state index >= 15 is 0 Å². The van der Waals surface area contributed by atoms with Crippen LogP contribution in [0, 0.1) is 25.7 Å². The molecule has 1 fully saturated rings. The number of likely N-dealkylation sites (tertiary alicyclic amines) is 1. The third kappa shape index (κ3) is 4.18. The van der Waals surface area contributed by atoms with Crippen molar-refractivity contribution in [3.63, 3.8) is 0 Å². The normalized spacial score (nSPS) is 20.6. The maximum atomic E-state index is 12.9. The van der Waals surface area contributed by atoms with E-state index in [0.717, 1.165) is 29.9 Å². The summed E-state index contributed by atoms with van der Waals surface area (Å²) in [5.41, 5.74) is 2.72. The van der Waals surface area contributed by atoms with Gasteiger partial charge in [0.25, 0.3) is 5.91 Å². The molecule has 1 aliphatic heterocycles. The second-order valence-electron chi connectivity index (χ2n) is 7.27. The van der Waals surface area contributed by atoms with Crippen molar-refractivity contribution < 1.29 is 9.32 Å². The maximum absolute atomic E-state index is 12.9. The van der Waals surface area contributed by atoms with Crippen LogP contribution in [0.3, 0.4) is 0 Å². The predicted molar refractivity (Wildman–Crippen MR) is 96.4 cm³/mol. The summed E-state index contributed by atoms with van der Waals surface area (Å²) in [6.45, 7) is 10.3. The number of hydrogen-bond donors (Lipinski definition) is 1. The number of aromatic nitrogens is 2. The highest BCUT2D eigenvalue weighted by molar-refractivity contribution is 5.95. The molecular weight excluding hydrogens is 316 g/mol. The van der Waals surface area contributed by atoms with Gasteiger partial charge in [0.05, 0.1) is 6.54 Å². The average Bonchev–Trinajstić information content (AvgIpc) is 2.98. The fraction of sp³-hybridized carbons (Fsp3) is 0.526. The molecule has 2 atom stereocenters. The lowest BCUT2D eigenvalue weighted by atomic mass is 9.91. The molecule has 1 aromatic carbocycles. The Morgan fingerprint density at radius 1 is 1.28 bits per heavy atom. The Balaban J connectivity index is 1.72. The molecule has 1 aliphatic rings. The minimum atomic E-state index is 0.108. The number of benzene rings is 1. The molecule has 0 spiro atoms. The zero-order valence-corrected chi connectivity index (χ0v) is 15.4. The Labute approximate surface area is 148 Å². The Morgan fingerprint density at radius 2 is 2.00 bits per heavy atom. The summed E-state index contributed by atoms with van der Waals surface area (Å²) in [7, 11) is 0. The lowest BCUT2D eigenvalue weighted by Gasteiger charge is -2.35. The Hall–Kier alpha value is -2.37. The molecule has 1 aromatic heterocycles. The van der Waals surface area contributed by atoms with Crippen molar-refractivity contribution in [2.75, 3.05) is 18.4 Å². The number of nitrogens with zero attached hydrogens (tertiary/aromatic N) is 3. The summed E-state index contributed by atoms with van der Waals surface area (Å²) in [6.07, 6.45) is 1.19. The number of carbonyl (C=O) groups excluding carboxylic acids is 1. The van der Waals surface area contributed by atoms with Crippen LogP contribution in [0.2, 0.25) is 0 Å². The standard InChI is InChI=1S/C19H26N4O2/c1-12-7-13(2)11-23(10-12)19(24)16-6-5-14(3)17(8-16)20-9-18-21-15(4)25-22-18/h5-6,8,12-13,20H,7,9-11H2,1-4H3/t12-,13-/m0/s1. The first-order valence-corrected chi connectivity index (χ1v) is 8.85. The lowest BCUT2D eigenvalue weighted by Crippen LogP contribution is -2.42. The Bertz CT molecular complexity index is 746. The van der Waals surface area contributed by atoms with E-state index in [9.17, 15) is 4.79 Å². The lowest BCUT2D eigenvalue weighted by molar-refractivity contribution is 0.0623. The van der Waals surface area contributed by atoms with E-state index in [1.165, 1.54) is 6.42 Å². The van der Waals surface area contributed by atoms with Gasteiger partial charge in [0.2, 0.25) is 5.89 Å². The molecule has 2 aromatic rings. The van der Waals surface area contributed by atoms with E-state index in [0.29, 0.717) is 30.1 Å². The van der Waals surface area contributed by atoms with Crippen LogP contribution < -0.4 is 5.32 Å². The van der Waals surface area contributed by atoms with E-state index in [2.05, 4.69) is 29.3 Å². The number of nitrogens with one attached hydrogen (secondary N) is 1. The van der Waals surface area contributed by atoms with Crippen molar-refractivity contribution in [2.45, 2.75) is 40.7 Å². The van der Waals surface area contributed by atoms with Crippen LogP contribution in [0.1, 0.15) is 47.9 Å². The molecule has 6 heteroatoms. The van der Waals surface area contributed by atoms with Gasteiger partial charge in [0.15, 0.2) is 5.82 Å². The van der Waals surface area contributed by atoms with E-state index in [4.69, 9.17) is 4.52 Å². The second kappa shape index (κ2) is 7.25. The molecule has 0 aliphatic carbocycles. The van der Waals surface area contributed by atoms with Crippen molar-refractivity contribution in [1.82, 2.24) is 15.0 Å². The van der Waals surface area contributed by atoms with Gasteiger partial charge in [-0.2, -0.15) is 4.98 Å². The summed E-state index contributed by atoms with van der Waals surface area (Å²) in [6, 6.07) is 5.81. The molecule has 3 rings (SSSR count). The molecule has 25 heavy (non-hydrogen) atoms. The molecule has 1 saturated heterocycles. The van der Waals surface area contributed by atoms with Crippen molar-refractivity contribution in [3.8, 4) is 0 Å². The number of aryl methyl sites for hydroxylation is 2. The van der Waals surface area contributed by atoms with Gasteiger partial charge in [-0.3, -0.25) is 4.79 Å². The van der Waals surface area contributed by atoms with Crippen molar-refractivity contribution in [2.24, 2.45) is 11.8 Å². The molecule has 0 unspecified atom stereocenters. The van der Waals surface area contributed by atoms with Crippen LogP contribution in [0.25, 0.3) is 0 Å². The zero-order valence-electron chi connectivity index (χ0n) is 15.4. The first kappa shape index (κ1) is 17.5. The number of carbonyl (C=O) groups is 1. The molecule has 1 amide bonds. The molecule has 6 nitrogen and oxygen atoms in total. The van der Waals surface area contributed by atoms with Crippen molar-refractivity contribution in [1.29, 1.82) is 0 Å². The van der Waals surface area contributed by atoms with Gasteiger partial charge >= 0.3 is 0 Å². The van der Waals surface area contributed by atoms with Gasteiger partial charge in [-0.1, -0.05) is 25.1 Å². The first-order chi connectivity index (χ1) is 11.9.